The summed E-state index contributed by atoms with van der Waals surface area (Å²) in [6.07, 6.45) is 0.227. The fourth-order valence-electron chi connectivity index (χ4n) is 2.89. The van der Waals surface area contributed by atoms with Crippen molar-refractivity contribution in [3.63, 3.8) is 0 Å². The summed E-state index contributed by atoms with van der Waals surface area (Å²) >= 11 is 0. The third-order valence-electron chi connectivity index (χ3n) is 4.16. The number of hydrogen-bond donors (Lipinski definition) is 1. The molecule has 1 N–H and O–H groups in total. The molecule has 0 spiro atoms. The minimum absolute atomic E-state index is 0. The van der Waals surface area contributed by atoms with Gasteiger partial charge in [-0.1, -0.05) is 0 Å². The molecular weight excluding hydrogens is 484 g/mol. The van der Waals surface area contributed by atoms with Crippen LogP contribution in [0.25, 0.3) is 22.2 Å². The Hall–Kier alpha value is -0.640. The van der Waals surface area contributed by atoms with Crippen LogP contribution in [0.5, 0.6) is 11.5 Å². The quantitative estimate of drug-likeness (QED) is 0.135. The number of aromatic amines is 1. The molecule has 0 unspecified atom stereocenters. The van der Waals surface area contributed by atoms with Crippen LogP contribution in [0.4, 0.5) is 0 Å². The third kappa shape index (κ3) is 8.61. The van der Waals surface area contributed by atoms with Gasteiger partial charge in [0, 0.05) is 23.0 Å². The first-order valence-corrected chi connectivity index (χ1v) is 11.3. The third-order valence-corrected chi connectivity index (χ3v) is 5.01. The standard InChI is InChI=1S/C18H19NO9S2.2Na/c1-12-16-11-15(26-9-2-10-27-29(20,21)22)7-8-17(16)19-18(12)13-3-5-14(6-4-13)28-30(23,24)25;;/h3-8,11,19H,2,9-10H2,1H3,(H,20,21,22)(H,23,24,25);;/q;2*+1/p-2. The van der Waals surface area contributed by atoms with E-state index in [-0.39, 0.29) is 84.5 Å². The van der Waals surface area contributed by atoms with Gasteiger partial charge in [-0.25, -0.2) is 16.8 Å². The van der Waals surface area contributed by atoms with E-state index in [1.807, 2.05) is 19.1 Å². The van der Waals surface area contributed by atoms with E-state index in [1.54, 1.807) is 18.2 Å². The SMILES string of the molecule is Cc1c(-c2ccc(OS(=O)(=O)[O-])cc2)[nH]c2ccc(OCCCOS(=O)(=O)[O-])cc12.[Na+].[Na+]. The van der Waals surface area contributed by atoms with Crippen molar-refractivity contribution in [2.45, 2.75) is 13.3 Å². The Balaban J connectivity index is 0.00000256. The van der Waals surface area contributed by atoms with Crippen molar-refractivity contribution in [1.82, 2.24) is 4.98 Å². The second-order valence-corrected chi connectivity index (χ2v) is 8.32. The van der Waals surface area contributed by atoms with Crippen LogP contribution in [0.15, 0.2) is 42.5 Å². The van der Waals surface area contributed by atoms with E-state index >= 15 is 0 Å². The van der Waals surface area contributed by atoms with Crippen molar-refractivity contribution >= 4 is 31.7 Å². The maximum Gasteiger partial charge on any atom is 1.00 e. The van der Waals surface area contributed by atoms with Gasteiger partial charge in [0.05, 0.1) is 13.2 Å². The van der Waals surface area contributed by atoms with Crippen LogP contribution in [0.3, 0.4) is 0 Å². The molecule has 32 heavy (non-hydrogen) atoms. The van der Waals surface area contributed by atoms with Crippen LogP contribution in [-0.4, -0.2) is 44.1 Å². The molecule has 0 radical (unpaired) electrons. The summed E-state index contributed by atoms with van der Waals surface area (Å²) in [6, 6.07) is 11.4. The summed E-state index contributed by atoms with van der Waals surface area (Å²) in [5.74, 6) is 0.484. The first kappa shape index (κ1) is 29.4. The van der Waals surface area contributed by atoms with E-state index in [0.29, 0.717) is 5.75 Å². The molecule has 162 valence electrons. The van der Waals surface area contributed by atoms with Crippen molar-refractivity contribution < 1.29 is 98.2 Å². The molecule has 14 heteroatoms. The molecular formula is C18H17NNa2O9S2. The molecule has 0 aliphatic rings. The van der Waals surface area contributed by atoms with Gasteiger partial charge in [-0.2, -0.15) is 0 Å². The number of nitrogens with one attached hydrogen (secondary N) is 1. The van der Waals surface area contributed by atoms with Gasteiger partial charge in [-0.15, -0.1) is 0 Å². The Kier molecular flexibility index (Phi) is 11.2. The van der Waals surface area contributed by atoms with Crippen molar-refractivity contribution in [1.29, 1.82) is 0 Å². The number of aryl methyl sites for hydroxylation is 1. The van der Waals surface area contributed by atoms with Crippen molar-refractivity contribution in [3.8, 4) is 22.8 Å². The second-order valence-electron chi connectivity index (χ2n) is 6.28. The number of rotatable bonds is 9. The van der Waals surface area contributed by atoms with Crippen molar-refractivity contribution in [2.75, 3.05) is 13.2 Å². The Morgan fingerprint density at radius 2 is 1.50 bits per heavy atom. The smallest absolute Gasteiger partial charge is 0.726 e. The zero-order valence-electron chi connectivity index (χ0n) is 17.7. The average Bonchev–Trinajstić information content (AvgIpc) is 2.96. The van der Waals surface area contributed by atoms with Crippen LogP contribution in [0.2, 0.25) is 0 Å². The van der Waals surface area contributed by atoms with E-state index < -0.39 is 20.8 Å². The molecule has 2 aromatic carbocycles. The predicted octanol–water partition coefficient (Wildman–Crippen LogP) is -3.76. The van der Waals surface area contributed by atoms with E-state index in [1.165, 1.54) is 12.1 Å². The molecule has 0 bridgehead atoms. The minimum atomic E-state index is -4.83. The Labute approximate surface area is 230 Å². The largest absolute Gasteiger partial charge is 1.00 e. The molecule has 0 aliphatic heterocycles. The molecule has 1 aromatic heterocycles. The van der Waals surface area contributed by atoms with Gasteiger partial charge >= 0.3 is 59.1 Å². The molecule has 3 aromatic rings. The number of aromatic nitrogens is 1. The Morgan fingerprint density at radius 3 is 2.09 bits per heavy atom. The minimum Gasteiger partial charge on any atom is -0.726 e. The summed E-state index contributed by atoms with van der Waals surface area (Å²) in [5.41, 5.74) is 3.32. The van der Waals surface area contributed by atoms with Crippen LogP contribution in [-0.2, 0) is 25.0 Å². The molecule has 0 saturated heterocycles. The van der Waals surface area contributed by atoms with Gasteiger partial charge in [0.1, 0.15) is 11.5 Å². The Morgan fingerprint density at radius 1 is 0.875 bits per heavy atom. The zero-order valence-corrected chi connectivity index (χ0v) is 23.3. The monoisotopic (exact) mass is 501 g/mol. The predicted molar refractivity (Wildman–Crippen MR) is 105 cm³/mol. The maximum absolute atomic E-state index is 10.7. The average molecular weight is 501 g/mol. The van der Waals surface area contributed by atoms with Crippen LogP contribution in [0.1, 0.15) is 12.0 Å². The van der Waals surface area contributed by atoms with E-state index in [9.17, 15) is 25.9 Å². The van der Waals surface area contributed by atoms with E-state index in [0.717, 1.165) is 27.7 Å². The van der Waals surface area contributed by atoms with E-state index in [2.05, 4.69) is 13.4 Å². The molecule has 0 saturated carbocycles. The topological polar surface area (TPSA) is 158 Å². The normalized spacial score (nSPS) is 11.5. The van der Waals surface area contributed by atoms with Gasteiger partial charge in [0.25, 0.3) is 10.4 Å². The number of ether oxygens (including phenoxy) is 1. The summed E-state index contributed by atoms with van der Waals surface area (Å²) in [6.45, 7) is 1.81. The summed E-state index contributed by atoms with van der Waals surface area (Å²) in [7, 11) is -9.53. The van der Waals surface area contributed by atoms with Crippen molar-refractivity contribution in [3.05, 3.63) is 48.0 Å². The molecule has 3 rings (SSSR count). The fraction of sp³-hybridized carbons (Fsp3) is 0.222. The molecule has 0 aliphatic carbocycles. The molecule has 0 fully saturated rings. The maximum atomic E-state index is 10.7. The number of benzene rings is 2. The van der Waals surface area contributed by atoms with Crippen LogP contribution < -0.4 is 68.0 Å². The first-order valence-electron chi connectivity index (χ1n) is 8.63. The van der Waals surface area contributed by atoms with E-state index in [4.69, 9.17) is 4.74 Å². The first-order chi connectivity index (χ1) is 14.0. The van der Waals surface area contributed by atoms with Gasteiger partial charge in [-0.05, 0) is 60.5 Å². The second kappa shape index (κ2) is 12.2. The zero-order chi connectivity index (χ0) is 21.9. The number of hydrogen-bond acceptors (Lipinski definition) is 9. The van der Waals surface area contributed by atoms with Gasteiger partial charge in [-0.3, -0.25) is 4.18 Å². The molecule has 0 amide bonds. The number of H-pyrrole nitrogens is 1. The van der Waals surface area contributed by atoms with Crippen LogP contribution >= 0.6 is 0 Å². The molecule has 1 heterocycles. The molecule has 10 nitrogen and oxygen atoms in total. The van der Waals surface area contributed by atoms with Gasteiger partial charge < -0.3 is 23.0 Å². The van der Waals surface area contributed by atoms with Crippen molar-refractivity contribution in [2.24, 2.45) is 0 Å². The summed E-state index contributed by atoms with van der Waals surface area (Å²) in [5, 5.41) is 0.892. The van der Waals surface area contributed by atoms with Gasteiger partial charge in [0.2, 0.25) is 10.4 Å². The van der Waals surface area contributed by atoms with Gasteiger partial charge in [0.15, 0.2) is 0 Å². The number of fused-ring (bicyclic) bond motifs is 1. The summed E-state index contributed by atoms with van der Waals surface area (Å²) < 4.78 is 77.1. The molecule has 0 atom stereocenters. The fourth-order valence-corrected chi connectivity index (χ4v) is 3.56. The summed E-state index contributed by atoms with van der Waals surface area (Å²) in [4.78, 5) is 3.27. The Bertz CT molecular complexity index is 1260. The van der Waals surface area contributed by atoms with Crippen LogP contribution in [0, 0.1) is 6.92 Å².